The van der Waals surface area contributed by atoms with Crippen molar-refractivity contribution in [2.75, 3.05) is 51.2 Å². The van der Waals surface area contributed by atoms with Crippen molar-refractivity contribution in [3.63, 3.8) is 0 Å². The van der Waals surface area contributed by atoms with Crippen molar-refractivity contribution in [2.45, 2.75) is 6.18 Å². The lowest BCUT2D eigenvalue weighted by atomic mass is 10.1. The van der Waals surface area contributed by atoms with Crippen molar-refractivity contribution in [3.8, 4) is 0 Å². The van der Waals surface area contributed by atoms with Crippen LogP contribution in [0, 0.1) is 0 Å². The van der Waals surface area contributed by atoms with Crippen LogP contribution < -0.4 is 15.5 Å². The van der Waals surface area contributed by atoms with Gasteiger partial charge in [0.15, 0.2) is 0 Å². The number of amides is 2. The summed E-state index contributed by atoms with van der Waals surface area (Å²) in [7, 11) is 1.49. The fourth-order valence-corrected chi connectivity index (χ4v) is 2.57. The molecule has 0 unspecified atom stereocenters. The van der Waals surface area contributed by atoms with E-state index in [0.29, 0.717) is 31.9 Å². The smallest absolute Gasteiger partial charge is 0.369 e. The van der Waals surface area contributed by atoms with Crippen LogP contribution in [0.2, 0.25) is 0 Å². The number of nitrogens with one attached hydrogen (secondary N) is 2. The zero-order chi connectivity index (χ0) is 18.4. The van der Waals surface area contributed by atoms with Gasteiger partial charge in [0.1, 0.15) is 0 Å². The highest BCUT2D eigenvalue weighted by Crippen LogP contribution is 2.31. The third-order valence-corrected chi connectivity index (χ3v) is 4.00. The second-order valence-electron chi connectivity index (χ2n) is 5.76. The second-order valence-corrected chi connectivity index (χ2v) is 5.76. The fraction of sp³-hybridized carbons (Fsp3) is 0.500. The van der Waals surface area contributed by atoms with E-state index < -0.39 is 11.7 Å². The summed E-state index contributed by atoms with van der Waals surface area (Å²) in [4.78, 5) is 26.6. The highest BCUT2D eigenvalue weighted by Gasteiger charge is 2.31. The Bertz CT molecular complexity index is 614. The Morgan fingerprint density at radius 1 is 1.12 bits per heavy atom. The number of anilines is 1. The fourth-order valence-electron chi connectivity index (χ4n) is 2.57. The summed E-state index contributed by atoms with van der Waals surface area (Å²) >= 11 is 0. The third kappa shape index (κ3) is 5.63. The first-order valence-electron chi connectivity index (χ1n) is 7.91. The Hall–Kier alpha value is -2.29. The molecule has 1 aliphatic rings. The van der Waals surface area contributed by atoms with E-state index in [9.17, 15) is 22.8 Å². The SMILES string of the molecule is CNC(=O)CNC(=O)CN1CCN(c2cccc(C(F)(F)F)c2)CC1. The van der Waals surface area contributed by atoms with E-state index in [-0.39, 0.29) is 24.9 Å². The summed E-state index contributed by atoms with van der Waals surface area (Å²) in [5.41, 5.74) is -0.139. The summed E-state index contributed by atoms with van der Waals surface area (Å²) < 4.78 is 38.4. The Morgan fingerprint density at radius 2 is 1.80 bits per heavy atom. The minimum Gasteiger partial charge on any atom is -0.369 e. The van der Waals surface area contributed by atoms with Crippen LogP contribution in [-0.2, 0) is 15.8 Å². The Kier molecular flexibility index (Phi) is 6.24. The third-order valence-electron chi connectivity index (χ3n) is 4.00. The molecule has 25 heavy (non-hydrogen) atoms. The molecule has 1 fully saturated rings. The Balaban J connectivity index is 1.83. The molecule has 9 heteroatoms. The van der Waals surface area contributed by atoms with E-state index >= 15 is 0 Å². The average molecular weight is 358 g/mol. The van der Waals surface area contributed by atoms with Crippen LogP contribution in [0.15, 0.2) is 24.3 Å². The molecule has 0 aromatic heterocycles. The monoisotopic (exact) mass is 358 g/mol. The molecule has 1 saturated heterocycles. The van der Waals surface area contributed by atoms with Gasteiger partial charge < -0.3 is 15.5 Å². The first-order chi connectivity index (χ1) is 11.8. The molecular formula is C16H21F3N4O2. The van der Waals surface area contributed by atoms with E-state index in [1.165, 1.54) is 13.1 Å². The number of rotatable bonds is 5. The minimum atomic E-state index is -4.36. The summed E-state index contributed by atoms with van der Waals surface area (Å²) in [6, 6.07) is 5.25. The summed E-state index contributed by atoms with van der Waals surface area (Å²) in [5.74, 6) is -0.529. The quantitative estimate of drug-likeness (QED) is 0.813. The zero-order valence-electron chi connectivity index (χ0n) is 13.9. The predicted octanol–water partition coefficient (Wildman–Crippen LogP) is 0.690. The minimum absolute atomic E-state index is 0.0699. The molecule has 0 bridgehead atoms. The van der Waals surface area contributed by atoms with Crippen molar-refractivity contribution in [1.82, 2.24) is 15.5 Å². The molecule has 138 valence electrons. The van der Waals surface area contributed by atoms with Gasteiger partial charge >= 0.3 is 6.18 Å². The highest BCUT2D eigenvalue weighted by molar-refractivity contribution is 5.85. The number of carbonyl (C=O) groups excluding carboxylic acids is 2. The van der Waals surface area contributed by atoms with Gasteiger partial charge in [0.2, 0.25) is 11.8 Å². The lowest BCUT2D eigenvalue weighted by Gasteiger charge is -2.35. The van der Waals surface area contributed by atoms with Crippen LogP contribution in [0.25, 0.3) is 0 Å². The summed E-state index contributed by atoms with van der Waals surface area (Å²) in [6.45, 7) is 2.27. The number of hydrogen-bond acceptors (Lipinski definition) is 4. The second kappa shape index (κ2) is 8.19. The van der Waals surface area contributed by atoms with Crippen molar-refractivity contribution in [3.05, 3.63) is 29.8 Å². The average Bonchev–Trinajstić information content (AvgIpc) is 2.59. The molecule has 2 N–H and O–H groups in total. The van der Waals surface area contributed by atoms with Gasteiger partial charge in [0.25, 0.3) is 0 Å². The van der Waals surface area contributed by atoms with Crippen LogP contribution in [0.4, 0.5) is 18.9 Å². The van der Waals surface area contributed by atoms with Crippen molar-refractivity contribution in [1.29, 1.82) is 0 Å². The van der Waals surface area contributed by atoms with Crippen molar-refractivity contribution < 1.29 is 22.8 Å². The van der Waals surface area contributed by atoms with E-state index in [1.807, 2.05) is 9.80 Å². The number of benzene rings is 1. The van der Waals surface area contributed by atoms with Crippen LogP contribution in [0.3, 0.4) is 0 Å². The van der Waals surface area contributed by atoms with Gasteiger partial charge in [0, 0.05) is 38.9 Å². The van der Waals surface area contributed by atoms with Gasteiger partial charge in [-0.15, -0.1) is 0 Å². The number of nitrogens with zero attached hydrogens (tertiary/aromatic N) is 2. The Labute approximate surface area is 144 Å². The molecule has 1 aromatic rings. The maximum absolute atomic E-state index is 12.8. The van der Waals surface area contributed by atoms with Gasteiger partial charge in [-0.3, -0.25) is 14.5 Å². The van der Waals surface area contributed by atoms with Crippen LogP contribution in [0.1, 0.15) is 5.56 Å². The van der Waals surface area contributed by atoms with E-state index in [1.54, 1.807) is 6.07 Å². The molecule has 0 spiro atoms. The molecule has 6 nitrogen and oxygen atoms in total. The molecule has 0 aliphatic carbocycles. The summed E-state index contributed by atoms with van der Waals surface area (Å²) in [5, 5.41) is 4.93. The topological polar surface area (TPSA) is 64.7 Å². The van der Waals surface area contributed by atoms with E-state index in [0.717, 1.165) is 12.1 Å². The maximum Gasteiger partial charge on any atom is 0.416 e. The number of likely N-dealkylation sites (N-methyl/N-ethyl adjacent to an activating group) is 1. The summed E-state index contributed by atoms with van der Waals surface area (Å²) in [6.07, 6.45) is -4.36. The number of hydrogen-bond donors (Lipinski definition) is 2. The van der Waals surface area contributed by atoms with Crippen molar-refractivity contribution in [2.24, 2.45) is 0 Å². The lowest BCUT2D eigenvalue weighted by Crippen LogP contribution is -2.50. The first-order valence-corrected chi connectivity index (χ1v) is 7.91. The normalized spacial score (nSPS) is 15.8. The first kappa shape index (κ1) is 19.0. The van der Waals surface area contributed by atoms with Gasteiger partial charge in [-0.1, -0.05) is 6.07 Å². The molecule has 2 rings (SSSR count). The van der Waals surface area contributed by atoms with Gasteiger partial charge in [-0.25, -0.2) is 0 Å². The number of piperazine rings is 1. The van der Waals surface area contributed by atoms with E-state index in [4.69, 9.17) is 0 Å². The van der Waals surface area contributed by atoms with Crippen LogP contribution >= 0.6 is 0 Å². The standard InChI is InChI=1S/C16H21F3N4O2/c1-20-14(24)10-21-15(25)11-22-5-7-23(8-6-22)13-4-2-3-12(9-13)16(17,18)19/h2-4,9H,5-8,10-11H2,1H3,(H,20,24)(H,21,25). The van der Waals surface area contributed by atoms with Gasteiger partial charge in [-0.2, -0.15) is 13.2 Å². The van der Waals surface area contributed by atoms with Crippen LogP contribution in [0.5, 0.6) is 0 Å². The zero-order valence-corrected chi connectivity index (χ0v) is 13.9. The molecule has 1 aromatic carbocycles. The lowest BCUT2D eigenvalue weighted by molar-refractivity contribution is -0.137. The van der Waals surface area contributed by atoms with Gasteiger partial charge in [0.05, 0.1) is 18.7 Å². The predicted molar refractivity (Wildman–Crippen MR) is 87.2 cm³/mol. The van der Waals surface area contributed by atoms with Gasteiger partial charge in [-0.05, 0) is 18.2 Å². The number of alkyl halides is 3. The Morgan fingerprint density at radius 3 is 2.40 bits per heavy atom. The van der Waals surface area contributed by atoms with E-state index in [2.05, 4.69) is 10.6 Å². The highest BCUT2D eigenvalue weighted by atomic mass is 19.4. The molecule has 0 radical (unpaired) electrons. The molecule has 0 atom stereocenters. The molecule has 1 heterocycles. The largest absolute Gasteiger partial charge is 0.416 e. The van der Waals surface area contributed by atoms with Crippen LogP contribution in [-0.4, -0.2) is 63.0 Å². The number of carbonyl (C=O) groups is 2. The van der Waals surface area contributed by atoms with Crippen molar-refractivity contribution >= 4 is 17.5 Å². The molecule has 2 amide bonds. The molecular weight excluding hydrogens is 337 g/mol. The molecule has 0 saturated carbocycles. The maximum atomic E-state index is 12.8. The number of halogens is 3. The molecule has 1 aliphatic heterocycles.